The van der Waals surface area contributed by atoms with Gasteiger partial charge in [-0.3, -0.25) is 0 Å². The smallest absolute Gasteiger partial charge is 0.122 e. The van der Waals surface area contributed by atoms with Crippen LogP contribution in [0, 0.1) is 0 Å². The van der Waals surface area contributed by atoms with Crippen molar-refractivity contribution >= 4 is 21.4 Å². The van der Waals surface area contributed by atoms with Gasteiger partial charge >= 0.3 is 0 Å². The zero-order chi connectivity index (χ0) is 21.1. The number of hydrogen-bond acceptors (Lipinski definition) is 6. The van der Waals surface area contributed by atoms with Crippen LogP contribution in [0.4, 0.5) is 4.39 Å². The molecule has 1 saturated heterocycles. The summed E-state index contributed by atoms with van der Waals surface area (Å²) in [5, 5.41) is 40.2. The number of benzene rings is 1. The first kappa shape index (κ1) is 21.8. The second-order valence-electron chi connectivity index (χ2n) is 7.21. The summed E-state index contributed by atoms with van der Waals surface area (Å²) >= 11 is 1.62. The first-order chi connectivity index (χ1) is 13.8. The van der Waals surface area contributed by atoms with E-state index in [1.165, 1.54) is 12.2 Å². The van der Waals surface area contributed by atoms with E-state index in [1.807, 2.05) is 30.3 Å². The molecule has 4 N–H and O–H groups in total. The molecule has 1 aliphatic rings. The van der Waals surface area contributed by atoms with Gasteiger partial charge in [0, 0.05) is 16.0 Å². The molecule has 1 aromatic heterocycles. The van der Waals surface area contributed by atoms with Gasteiger partial charge in [0.2, 0.25) is 0 Å². The summed E-state index contributed by atoms with van der Waals surface area (Å²) in [4.78, 5) is 1.06. The number of aliphatic hydroxyl groups excluding tert-OH is 4. The number of rotatable bonds is 6. The van der Waals surface area contributed by atoms with Gasteiger partial charge in [0.05, 0.1) is 6.61 Å². The minimum Gasteiger partial charge on any atom is -0.394 e. The van der Waals surface area contributed by atoms with E-state index in [9.17, 15) is 24.8 Å². The van der Waals surface area contributed by atoms with Gasteiger partial charge in [-0.25, -0.2) is 4.39 Å². The largest absolute Gasteiger partial charge is 0.394 e. The Balaban J connectivity index is 1.69. The average molecular weight is 421 g/mol. The van der Waals surface area contributed by atoms with Gasteiger partial charge in [0.1, 0.15) is 36.3 Å². The molecule has 0 saturated carbocycles. The molecule has 29 heavy (non-hydrogen) atoms. The molecule has 7 heteroatoms. The van der Waals surface area contributed by atoms with Crippen molar-refractivity contribution in [2.45, 2.75) is 43.9 Å². The summed E-state index contributed by atoms with van der Waals surface area (Å²) in [6.07, 6.45) is -3.37. The molecule has 156 valence electrons. The van der Waals surface area contributed by atoms with Gasteiger partial charge < -0.3 is 25.2 Å². The van der Waals surface area contributed by atoms with Crippen molar-refractivity contribution in [1.29, 1.82) is 0 Å². The fourth-order valence-electron chi connectivity index (χ4n) is 3.30. The highest BCUT2D eigenvalue weighted by Gasteiger charge is 2.43. The predicted octanol–water partition coefficient (Wildman–Crippen LogP) is 2.64. The van der Waals surface area contributed by atoms with Crippen molar-refractivity contribution in [3.05, 3.63) is 70.9 Å². The van der Waals surface area contributed by atoms with Crippen molar-refractivity contribution in [3.8, 4) is 0 Å². The van der Waals surface area contributed by atoms with Crippen molar-refractivity contribution in [3.63, 3.8) is 0 Å². The number of allylic oxidation sites excluding steroid dienone is 3. The molecule has 0 amide bonds. The molecule has 2 aromatic rings. The molecule has 1 aliphatic heterocycles. The van der Waals surface area contributed by atoms with E-state index in [2.05, 4.69) is 6.58 Å². The van der Waals surface area contributed by atoms with Crippen LogP contribution in [-0.4, -0.2) is 57.6 Å². The van der Waals surface area contributed by atoms with Gasteiger partial charge in [0.25, 0.3) is 0 Å². The molecule has 5 atom stereocenters. The van der Waals surface area contributed by atoms with E-state index in [-0.39, 0.29) is 5.57 Å². The molecular weight excluding hydrogens is 395 g/mol. The standard InChI is InChI=1S/C22H25FO5S/c1-12(22-21(27)20(26)19(25)17(11-24)28-22)7-8-16(23)13(2)9-15-10-14-5-3-4-6-18(14)29-15/h3-8,10,17,19-22,24-27H,1,9,11H2,2H3/b8-7-,16-13-/t17?,19-,20+,21-,22+/m1/s1. The number of ether oxygens (including phenoxy) is 1. The van der Waals surface area contributed by atoms with E-state index >= 15 is 0 Å². The minimum atomic E-state index is -1.49. The molecule has 0 aliphatic carbocycles. The lowest BCUT2D eigenvalue weighted by Crippen LogP contribution is -2.58. The Labute approximate surface area is 172 Å². The fourth-order valence-corrected chi connectivity index (χ4v) is 4.44. The van der Waals surface area contributed by atoms with E-state index in [0.717, 1.165) is 15.0 Å². The summed E-state index contributed by atoms with van der Waals surface area (Å²) in [6, 6.07) is 10.0. The van der Waals surface area contributed by atoms with Crippen LogP contribution >= 0.6 is 11.3 Å². The Morgan fingerprint density at radius 2 is 1.90 bits per heavy atom. The maximum Gasteiger partial charge on any atom is 0.122 e. The van der Waals surface area contributed by atoms with E-state index in [1.54, 1.807) is 18.3 Å². The van der Waals surface area contributed by atoms with Crippen LogP contribution in [0.5, 0.6) is 0 Å². The van der Waals surface area contributed by atoms with Gasteiger partial charge in [-0.1, -0.05) is 30.9 Å². The van der Waals surface area contributed by atoms with Crippen LogP contribution in [0.25, 0.3) is 10.1 Å². The van der Waals surface area contributed by atoms with Gasteiger partial charge in [-0.2, -0.15) is 0 Å². The second kappa shape index (κ2) is 9.30. The molecule has 3 rings (SSSR count). The average Bonchev–Trinajstić information content (AvgIpc) is 3.12. The van der Waals surface area contributed by atoms with E-state index < -0.39 is 43.0 Å². The number of aliphatic hydroxyl groups is 4. The fraction of sp³-hybridized carbons (Fsp3) is 0.364. The summed E-state index contributed by atoms with van der Waals surface area (Å²) in [5.74, 6) is -0.423. The van der Waals surface area contributed by atoms with Crippen LogP contribution in [0.1, 0.15) is 11.8 Å². The van der Waals surface area contributed by atoms with E-state index in [4.69, 9.17) is 4.74 Å². The Kier molecular flexibility index (Phi) is 7.00. The normalized spacial score (nSPS) is 28.7. The summed E-state index contributed by atoms with van der Waals surface area (Å²) in [5.41, 5.74) is 0.779. The molecule has 5 nitrogen and oxygen atoms in total. The van der Waals surface area contributed by atoms with Crippen molar-refractivity contribution in [1.82, 2.24) is 0 Å². The topological polar surface area (TPSA) is 90.2 Å². The third-order valence-electron chi connectivity index (χ3n) is 5.03. The highest BCUT2D eigenvalue weighted by atomic mass is 32.1. The summed E-state index contributed by atoms with van der Waals surface area (Å²) in [7, 11) is 0. The monoisotopic (exact) mass is 420 g/mol. The third-order valence-corrected chi connectivity index (χ3v) is 6.14. The summed E-state index contributed by atoms with van der Waals surface area (Å²) in [6.45, 7) is 4.95. The van der Waals surface area contributed by atoms with Crippen molar-refractivity contribution < 1.29 is 29.6 Å². The molecule has 1 aromatic carbocycles. The van der Waals surface area contributed by atoms with Gasteiger partial charge in [-0.15, -0.1) is 11.3 Å². The predicted molar refractivity (Wildman–Crippen MR) is 111 cm³/mol. The van der Waals surface area contributed by atoms with Crippen molar-refractivity contribution in [2.75, 3.05) is 6.61 Å². The Morgan fingerprint density at radius 1 is 1.17 bits per heavy atom. The number of fused-ring (bicyclic) bond motifs is 1. The highest BCUT2D eigenvalue weighted by Crippen LogP contribution is 2.29. The minimum absolute atomic E-state index is 0.228. The molecule has 2 heterocycles. The first-order valence-corrected chi connectivity index (χ1v) is 10.1. The lowest BCUT2D eigenvalue weighted by atomic mass is 9.91. The molecule has 0 spiro atoms. The molecule has 1 unspecified atom stereocenters. The molecule has 0 bridgehead atoms. The lowest BCUT2D eigenvalue weighted by Gasteiger charge is -2.40. The Hall–Kier alpha value is -1.87. The first-order valence-electron chi connectivity index (χ1n) is 9.32. The maximum absolute atomic E-state index is 14.6. The maximum atomic E-state index is 14.6. The Bertz CT molecular complexity index is 899. The second-order valence-corrected chi connectivity index (χ2v) is 8.38. The van der Waals surface area contributed by atoms with Gasteiger partial charge in [0.15, 0.2) is 0 Å². The SMILES string of the molecule is C=C(/C=C\C(F)=C(/C)Cc1cc2ccccc2s1)[C@@H]1OC(CO)[C@@H](O)[C@H](O)[C@H]1O. The number of hydrogen-bond donors (Lipinski definition) is 4. The third kappa shape index (κ3) is 4.83. The lowest BCUT2D eigenvalue weighted by molar-refractivity contribution is -0.218. The molecule has 1 fully saturated rings. The summed E-state index contributed by atoms with van der Waals surface area (Å²) < 4.78 is 21.1. The van der Waals surface area contributed by atoms with Crippen molar-refractivity contribution in [2.24, 2.45) is 0 Å². The van der Waals surface area contributed by atoms with Crippen LogP contribution < -0.4 is 0 Å². The van der Waals surface area contributed by atoms with Crippen LogP contribution in [0.15, 0.2) is 66.0 Å². The number of thiophene rings is 1. The molecular formula is C22H25FO5S. The molecule has 0 radical (unpaired) electrons. The zero-order valence-electron chi connectivity index (χ0n) is 16.0. The van der Waals surface area contributed by atoms with Gasteiger partial charge in [-0.05, 0) is 41.7 Å². The van der Waals surface area contributed by atoms with E-state index in [0.29, 0.717) is 12.0 Å². The van der Waals surface area contributed by atoms with Crippen LogP contribution in [0.2, 0.25) is 0 Å². The quantitative estimate of drug-likeness (QED) is 0.540. The number of halogens is 1. The highest BCUT2D eigenvalue weighted by molar-refractivity contribution is 7.19. The zero-order valence-corrected chi connectivity index (χ0v) is 16.8. The Morgan fingerprint density at radius 3 is 2.59 bits per heavy atom. The van der Waals surface area contributed by atoms with Crippen LogP contribution in [0.3, 0.4) is 0 Å². The van der Waals surface area contributed by atoms with Crippen LogP contribution in [-0.2, 0) is 11.2 Å².